The third kappa shape index (κ3) is 3.86. The Bertz CT molecular complexity index is 1120. The maximum Gasteiger partial charge on any atom is 0.407 e. The molecule has 8 nitrogen and oxygen atoms in total. The summed E-state index contributed by atoms with van der Waals surface area (Å²) < 4.78 is 6.75. The number of hydrogen-bond donors (Lipinski definition) is 1. The number of carbonyl (C=O) groups is 1. The van der Waals surface area contributed by atoms with E-state index in [9.17, 15) is 15.2 Å². The minimum atomic E-state index is -0.981. The highest BCUT2D eigenvalue weighted by Gasteiger charge is 2.43. The average molecular weight is 466 g/mol. The van der Waals surface area contributed by atoms with Gasteiger partial charge in [0, 0.05) is 19.6 Å². The summed E-state index contributed by atoms with van der Waals surface area (Å²) in [7, 11) is 0. The molecule has 1 amide bonds. The first-order chi connectivity index (χ1) is 16.0. The fourth-order valence-electron chi connectivity index (χ4n) is 5.48. The molecule has 0 radical (unpaired) electrons. The molecule has 2 aromatic rings. The van der Waals surface area contributed by atoms with Crippen LogP contribution in [0.2, 0.25) is 0 Å². The topological polar surface area (TPSA) is 103 Å². The number of piperazine rings is 1. The van der Waals surface area contributed by atoms with E-state index in [0.29, 0.717) is 30.7 Å². The first-order valence-corrected chi connectivity index (χ1v) is 12.6. The Morgan fingerprint density at radius 1 is 1.30 bits per heavy atom. The fourth-order valence-corrected chi connectivity index (χ4v) is 5.83. The van der Waals surface area contributed by atoms with Gasteiger partial charge >= 0.3 is 6.09 Å². The van der Waals surface area contributed by atoms with Crippen molar-refractivity contribution in [2.75, 3.05) is 30.8 Å². The van der Waals surface area contributed by atoms with Gasteiger partial charge in [0.05, 0.1) is 24.1 Å². The van der Waals surface area contributed by atoms with Gasteiger partial charge in [-0.15, -0.1) is 0 Å². The van der Waals surface area contributed by atoms with Crippen molar-refractivity contribution in [3.63, 3.8) is 0 Å². The highest BCUT2D eigenvalue weighted by Crippen LogP contribution is 2.48. The van der Waals surface area contributed by atoms with Gasteiger partial charge in [-0.05, 0) is 49.5 Å². The van der Waals surface area contributed by atoms with E-state index in [4.69, 9.17) is 14.7 Å². The molecule has 1 aromatic heterocycles. The van der Waals surface area contributed by atoms with Crippen LogP contribution in [0.4, 0.5) is 10.6 Å². The molecule has 1 saturated heterocycles. The first-order valence-electron chi connectivity index (χ1n) is 11.4. The third-order valence-electron chi connectivity index (χ3n) is 7.07. The van der Waals surface area contributed by atoms with Crippen LogP contribution >= 0.6 is 11.8 Å². The summed E-state index contributed by atoms with van der Waals surface area (Å²) in [5.74, 6) is 1.46. The fraction of sp³-hybridized carbons (Fsp3) is 0.500. The molecule has 3 aliphatic rings. The number of benzene rings is 1. The molecule has 1 aromatic carbocycles. The van der Waals surface area contributed by atoms with Crippen molar-refractivity contribution in [2.24, 2.45) is 0 Å². The lowest BCUT2D eigenvalue weighted by Gasteiger charge is -2.44. The van der Waals surface area contributed by atoms with Crippen molar-refractivity contribution in [1.82, 2.24) is 14.9 Å². The molecular formula is C24H27N5O3S. The first kappa shape index (κ1) is 21.8. The zero-order chi connectivity index (χ0) is 23.0. The lowest BCUT2D eigenvalue weighted by Crippen LogP contribution is -2.55. The number of carboxylic acid groups (broad SMARTS) is 1. The van der Waals surface area contributed by atoms with Gasteiger partial charge in [-0.2, -0.15) is 10.2 Å². The Morgan fingerprint density at radius 2 is 2.15 bits per heavy atom. The zero-order valence-electron chi connectivity index (χ0n) is 18.7. The molecule has 1 spiro atoms. The number of thioether (sulfide) groups is 1. The van der Waals surface area contributed by atoms with Crippen molar-refractivity contribution in [2.45, 2.75) is 55.3 Å². The molecule has 5 rings (SSSR count). The Hall–Kier alpha value is -2.99. The third-order valence-corrected chi connectivity index (χ3v) is 7.62. The molecule has 3 heterocycles. The second-order valence-electron chi connectivity index (χ2n) is 8.86. The van der Waals surface area contributed by atoms with Gasteiger partial charge in [-0.1, -0.05) is 36.0 Å². The van der Waals surface area contributed by atoms with Gasteiger partial charge < -0.3 is 19.6 Å². The van der Waals surface area contributed by atoms with E-state index in [0.717, 1.165) is 43.5 Å². The largest absolute Gasteiger partial charge is 0.466 e. The van der Waals surface area contributed by atoms with E-state index < -0.39 is 6.09 Å². The van der Waals surface area contributed by atoms with Crippen LogP contribution in [0.1, 0.15) is 42.4 Å². The summed E-state index contributed by atoms with van der Waals surface area (Å²) in [5, 5.41) is 19.4. The van der Waals surface area contributed by atoms with Crippen molar-refractivity contribution >= 4 is 23.7 Å². The van der Waals surface area contributed by atoms with E-state index in [-0.39, 0.29) is 18.1 Å². The molecule has 2 unspecified atom stereocenters. The number of hydrogen-bond acceptors (Lipinski definition) is 7. The van der Waals surface area contributed by atoms with Crippen LogP contribution in [0.15, 0.2) is 29.4 Å². The van der Waals surface area contributed by atoms with Crippen LogP contribution in [-0.2, 0) is 18.4 Å². The predicted molar refractivity (Wildman–Crippen MR) is 125 cm³/mol. The molecule has 1 aliphatic carbocycles. The monoisotopic (exact) mass is 465 g/mol. The number of nitriles is 1. The maximum absolute atomic E-state index is 11.6. The Balaban J connectivity index is 1.50. The molecule has 1 N–H and O–H groups in total. The summed E-state index contributed by atoms with van der Waals surface area (Å²) in [6, 6.07) is 10.3. The summed E-state index contributed by atoms with van der Waals surface area (Å²) >= 11 is 1.47. The number of fused-ring (bicyclic) bond motifs is 3. The van der Waals surface area contributed by atoms with Gasteiger partial charge in [0.15, 0.2) is 5.16 Å². The standard InChI is InChI=1S/C24H27N5O3S/c1-33-22-26-20(28-13-14-29(23(30)31)17(15-28)9-12-25)18-8-11-24(32-21(18)27-22)10-4-6-16-5-2-3-7-19(16)24/h2-3,5,7,17H,4,6,8-11,13-15H2,1H3,(H,30,31). The molecule has 172 valence electrons. The van der Waals surface area contributed by atoms with Gasteiger partial charge in [-0.25, -0.2) is 9.78 Å². The SMILES string of the molecule is CSc1nc2c(c(N3CCN(C(=O)O)C(CC#N)C3)n1)CCC1(CCCc3ccccc31)O2. The van der Waals surface area contributed by atoms with Crippen LogP contribution in [0.3, 0.4) is 0 Å². The lowest BCUT2D eigenvalue weighted by molar-refractivity contribution is 0.0192. The lowest BCUT2D eigenvalue weighted by atomic mass is 9.75. The van der Waals surface area contributed by atoms with Crippen molar-refractivity contribution in [3.05, 3.63) is 41.0 Å². The molecule has 9 heteroatoms. The van der Waals surface area contributed by atoms with Crippen LogP contribution < -0.4 is 9.64 Å². The number of amides is 1. The molecule has 0 saturated carbocycles. The highest BCUT2D eigenvalue weighted by atomic mass is 32.2. The number of anilines is 1. The van der Waals surface area contributed by atoms with Crippen LogP contribution in [-0.4, -0.2) is 58.0 Å². The summed E-state index contributed by atoms with van der Waals surface area (Å²) in [4.78, 5) is 24.7. The van der Waals surface area contributed by atoms with Gasteiger partial charge in [0.2, 0.25) is 5.88 Å². The molecular weight excluding hydrogens is 438 g/mol. The van der Waals surface area contributed by atoms with E-state index in [1.807, 2.05) is 6.26 Å². The summed E-state index contributed by atoms with van der Waals surface area (Å²) in [5.41, 5.74) is 3.27. The quantitative estimate of drug-likeness (QED) is 0.539. The maximum atomic E-state index is 11.6. The Kier molecular flexibility index (Phi) is 5.79. The number of rotatable bonds is 3. The van der Waals surface area contributed by atoms with Crippen LogP contribution in [0.5, 0.6) is 5.88 Å². The van der Waals surface area contributed by atoms with Crippen molar-refractivity contribution in [1.29, 1.82) is 5.26 Å². The second kappa shape index (κ2) is 8.75. The molecule has 0 bridgehead atoms. The summed E-state index contributed by atoms with van der Waals surface area (Å²) in [6.45, 7) is 1.30. The average Bonchev–Trinajstić information content (AvgIpc) is 2.83. The van der Waals surface area contributed by atoms with Gasteiger partial charge in [0.1, 0.15) is 11.4 Å². The second-order valence-corrected chi connectivity index (χ2v) is 9.64. The van der Waals surface area contributed by atoms with E-state index in [1.165, 1.54) is 27.8 Å². The Morgan fingerprint density at radius 3 is 2.94 bits per heavy atom. The van der Waals surface area contributed by atoms with E-state index in [1.54, 1.807) is 0 Å². The van der Waals surface area contributed by atoms with Gasteiger partial charge in [-0.3, -0.25) is 0 Å². The minimum Gasteiger partial charge on any atom is -0.466 e. The van der Waals surface area contributed by atoms with Gasteiger partial charge in [0.25, 0.3) is 0 Å². The minimum absolute atomic E-state index is 0.155. The van der Waals surface area contributed by atoms with Crippen LogP contribution in [0.25, 0.3) is 0 Å². The molecule has 2 atom stereocenters. The van der Waals surface area contributed by atoms with Crippen molar-refractivity contribution < 1.29 is 14.6 Å². The van der Waals surface area contributed by atoms with E-state index >= 15 is 0 Å². The number of aryl methyl sites for hydroxylation is 1. The molecule has 1 fully saturated rings. The molecule has 33 heavy (non-hydrogen) atoms. The normalized spacial score (nSPS) is 23.9. The smallest absolute Gasteiger partial charge is 0.407 e. The van der Waals surface area contributed by atoms with Crippen LogP contribution in [0, 0.1) is 11.3 Å². The number of ether oxygens (including phenoxy) is 1. The van der Waals surface area contributed by atoms with E-state index in [2.05, 4.69) is 35.2 Å². The number of nitrogens with zero attached hydrogens (tertiary/aromatic N) is 5. The highest BCUT2D eigenvalue weighted by molar-refractivity contribution is 7.98. The number of aromatic nitrogens is 2. The van der Waals surface area contributed by atoms with Crippen molar-refractivity contribution in [3.8, 4) is 11.9 Å². The molecule has 2 aliphatic heterocycles. The Labute approximate surface area is 197 Å². The predicted octanol–water partition coefficient (Wildman–Crippen LogP) is 3.84. The summed E-state index contributed by atoms with van der Waals surface area (Å²) in [6.07, 6.45) is 5.92. The zero-order valence-corrected chi connectivity index (χ0v) is 19.5.